The van der Waals surface area contributed by atoms with Gasteiger partial charge in [0.05, 0.1) is 0 Å². The van der Waals surface area contributed by atoms with Gasteiger partial charge < -0.3 is 15.0 Å². The van der Waals surface area contributed by atoms with Crippen LogP contribution in [0.3, 0.4) is 0 Å². The van der Waals surface area contributed by atoms with Crippen LogP contribution < -0.4 is 5.32 Å². The number of halogens is 4. The first kappa shape index (κ1) is 25.3. The molecule has 3 aromatic rings. The van der Waals surface area contributed by atoms with Gasteiger partial charge in [-0.15, -0.1) is 10.2 Å². The molecule has 190 valence electrons. The summed E-state index contributed by atoms with van der Waals surface area (Å²) < 4.78 is 47.7. The number of rotatable bonds is 4. The number of nitrogens with zero attached hydrogens (tertiary/aromatic N) is 4. The summed E-state index contributed by atoms with van der Waals surface area (Å²) in [6.07, 6.45) is -4.29. The van der Waals surface area contributed by atoms with Crippen LogP contribution in [0.25, 0.3) is 0 Å². The number of likely N-dealkylation sites (tertiary alicyclic amines) is 1. The lowest BCUT2D eigenvalue weighted by Crippen LogP contribution is -2.31. The number of carbonyl (C=O) groups excluding carboxylic acids is 1. The number of hydrogen-bond acceptors (Lipinski definition) is 5. The average molecular weight is 505 g/mol. The molecule has 5 rings (SSSR count). The fourth-order valence-electron chi connectivity index (χ4n) is 4.49. The minimum atomic E-state index is -5.08. The molecule has 1 fully saturated rings. The molecule has 2 aliphatic heterocycles. The molecule has 8 nitrogen and oxygen atoms in total. The first-order valence-electron chi connectivity index (χ1n) is 11.2. The zero-order chi connectivity index (χ0) is 25.9. The number of carbonyl (C=O) groups is 2. The van der Waals surface area contributed by atoms with E-state index < -0.39 is 12.1 Å². The van der Waals surface area contributed by atoms with Gasteiger partial charge in [0.15, 0.2) is 0 Å². The number of anilines is 1. The number of hydrogen-bond donors (Lipinski definition) is 2. The van der Waals surface area contributed by atoms with Gasteiger partial charge in [-0.05, 0) is 30.0 Å². The van der Waals surface area contributed by atoms with Crippen LogP contribution in [-0.4, -0.2) is 55.9 Å². The van der Waals surface area contributed by atoms with Crippen molar-refractivity contribution in [1.82, 2.24) is 19.7 Å². The van der Waals surface area contributed by atoms with Crippen LogP contribution in [-0.2, 0) is 24.3 Å². The molecular formula is C24H23F4N5O3. The lowest BCUT2D eigenvalue weighted by atomic mass is 9.89. The number of fused-ring (bicyclic) bond motifs is 2. The summed E-state index contributed by atoms with van der Waals surface area (Å²) in [5, 5.41) is 18.4. The van der Waals surface area contributed by atoms with E-state index in [-0.39, 0.29) is 11.7 Å². The third-order valence-corrected chi connectivity index (χ3v) is 6.17. The third kappa shape index (κ3) is 5.88. The topological polar surface area (TPSA) is 100 Å². The van der Waals surface area contributed by atoms with Gasteiger partial charge in [0.25, 0.3) is 5.91 Å². The van der Waals surface area contributed by atoms with Gasteiger partial charge in [-0.3, -0.25) is 9.69 Å². The first-order valence-corrected chi connectivity index (χ1v) is 11.2. The average Bonchev–Trinajstić information content (AvgIpc) is 3.42. The Morgan fingerprint density at radius 1 is 0.972 bits per heavy atom. The van der Waals surface area contributed by atoms with Crippen LogP contribution in [0.2, 0.25) is 0 Å². The fourth-order valence-corrected chi connectivity index (χ4v) is 4.49. The van der Waals surface area contributed by atoms with E-state index in [4.69, 9.17) is 9.90 Å². The van der Waals surface area contributed by atoms with Gasteiger partial charge in [0.2, 0.25) is 5.82 Å². The van der Waals surface area contributed by atoms with E-state index in [1.807, 2.05) is 47.0 Å². The van der Waals surface area contributed by atoms with Crippen molar-refractivity contribution in [2.75, 3.05) is 18.4 Å². The van der Waals surface area contributed by atoms with Gasteiger partial charge in [-0.1, -0.05) is 36.4 Å². The molecule has 3 heterocycles. The van der Waals surface area contributed by atoms with Crippen LogP contribution >= 0.6 is 0 Å². The quantitative estimate of drug-likeness (QED) is 0.526. The summed E-state index contributed by atoms with van der Waals surface area (Å²) >= 11 is 0. The standard InChI is InChI=1S/C22H22FN5O.C2HF3O2/c23-19-9-5-4-6-15(19)11-27-12-16-10-20-25-26-21(28(20)14-17(16)13-27)22(29)24-18-7-2-1-3-8-18;3-2(4,5)1(6)7/h1-9,16-17H,10-14H2,(H,24,29);(H,6,7). The SMILES string of the molecule is O=C(Nc1ccccc1)c1nnc2n1CC1CN(Cc3ccccc3F)CC1C2.O=C(O)C(F)(F)F. The van der Waals surface area contributed by atoms with Crippen molar-refractivity contribution < 1.29 is 32.3 Å². The maximum absolute atomic E-state index is 14.0. The summed E-state index contributed by atoms with van der Waals surface area (Å²) in [6.45, 7) is 3.13. The van der Waals surface area contributed by atoms with E-state index in [1.54, 1.807) is 6.07 Å². The van der Waals surface area contributed by atoms with Crippen molar-refractivity contribution in [2.24, 2.45) is 11.8 Å². The van der Waals surface area contributed by atoms with E-state index in [0.29, 0.717) is 24.2 Å². The van der Waals surface area contributed by atoms with Crippen molar-refractivity contribution in [2.45, 2.75) is 25.7 Å². The van der Waals surface area contributed by atoms with Crippen LogP contribution in [0, 0.1) is 17.7 Å². The predicted octanol–water partition coefficient (Wildman–Crippen LogP) is 3.61. The van der Waals surface area contributed by atoms with E-state index in [2.05, 4.69) is 20.4 Å². The van der Waals surface area contributed by atoms with E-state index in [0.717, 1.165) is 43.1 Å². The molecule has 2 N–H and O–H groups in total. The lowest BCUT2D eigenvalue weighted by Gasteiger charge is -2.25. The number of carboxylic acids is 1. The van der Waals surface area contributed by atoms with Gasteiger partial charge in [0, 0.05) is 43.9 Å². The molecule has 1 saturated heterocycles. The van der Waals surface area contributed by atoms with E-state index in [1.165, 1.54) is 6.07 Å². The maximum atomic E-state index is 14.0. The number of alkyl halides is 3. The summed E-state index contributed by atoms with van der Waals surface area (Å²) in [6, 6.07) is 16.3. The smallest absolute Gasteiger partial charge is 0.475 e. The van der Waals surface area contributed by atoms with E-state index >= 15 is 0 Å². The van der Waals surface area contributed by atoms with Crippen molar-refractivity contribution in [3.8, 4) is 0 Å². The molecule has 2 unspecified atom stereocenters. The number of benzene rings is 2. The highest BCUT2D eigenvalue weighted by Crippen LogP contribution is 2.33. The molecule has 2 aliphatic rings. The van der Waals surface area contributed by atoms with Crippen molar-refractivity contribution >= 4 is 17.6 Å². The lowest BCUT2D eigenvalue weighted by molar-refractivity contribution is -0.192. The molecule has 1 amide bonds. The zero-order valence-electron chi connectivity index (χ0n) is 19.0. The minimum Gasteiger partial charge on any atom is -0.475 e. The van der Waals surface area contributed by atoms with Crippen LogP contribution in [0.15, 0.2) is 54.6 Å². The molecule has 0 radical (unpaired) electrons. The van der Waals surface area contributed by atoms with E-state index in [9.17, 15) is 22.4 Å². The zero-order valence-corrected chi connectivity index (χ0v) is 19.0. The first-order chi connectivity index (χ1) is 17.1. The molecule has 2 atom stereocenters. The molecule has 0 bridgehead atoms. The molecule has 36 heavy (non-hydrogen) atoms. The van der Waals surface area contributed by atoms with Crippen LogP contribution in [0.4, 0.5) is 23.2 Å². The maximum Gasteiger partial charge on any atom is 0.490 e. The number of aliphatic carboxylic acids is 1. The number of amides is 1. The molecule has 0 aliphatic carbocycles. The third-order valence-electron chi connectivity index (χ3n) is 6.17. The second-order valence-electron chi connectivity index (χ2n) is 8.68. The Hall–Kier alpha value is -3.80. The minimum absolute atomic E-state index is 0.153. The number of carboxylic acid groups (broad SMARTS) is 1. The van der Waals surface area contributed by atoms with Gasteiger partial charge >= 0.3 is 12.1 Å². The fraction of sp³-hybridized carbons (Fsp3) is 0.333. The number of aromatic nitrogens is 3. The normalized spacial score (nSPS) is 19.0. The summed E-state index contributed by atoms with van der Waals surface area (Å²) in [4.78, 5) is 23.9. The Balaban J connectivity index is 0.000000384. The largest absolute Gasteiger partial charge is 0.490 e. The second-order valence-corrected chi connectivity index (χ2v) is 8.68. The number of para-hydroxylation sites is 1. The van der Waals surface area contributed by atoms with Gasteiger partial charge in [-0.25, -0.2) is 9.18 Å². The highest BCUT2D eigenvalue weighted by molar-refractivity contribution is 6.01. The highest BCUT2D eigenvalue weighted by Gasteiger charge is 2.39. The number of nitrogens with one attached hydrogen (secondary N) is 1. The molecule has 0 saturated carbocycles. The Morgan fingerprint density at radius 2 is 1.61 bits per heavy atom. The molecule has 12 heteroatoms. The van der Waals surface area contributed by atoms with Crippen molar-refractivity contribution in [3.63, 3.8) is 0 Å². The Kier molecular flexibility index (Phi) is 7.34. The highest BCUT2D eigenvalue weighted by atomic mass is 19.4. The molecule has 2 aromatic carbocycles. The van der Waals surface area contributed by atoms with Crippen molar-refractivity contribution in [1.29, 1.82) is 0 Å². The van der Waals surface area contributed by atoms with Crippen LogP contribution in [0.1, 0.15) is 22.0 Å². The Bertz CT molecular complexity index is 1230. The summed E-state index contributed by atoms with van der Waals surface area (Å²) in [5.74, 6) is -1.06. The molecular weight excluding hydrogens is 482 g/mol. The monoisotopic (exact) mass is 505 g/mol. The summed E-state index contributed by atoms with van der Waals surface area (Å²) in [5.41, 5.74) is 1.47. The van der Waals surface area contributed by atoms with Gasteiger partial charge in [-0.2, -0.15) is 13.2 Å². The Morgan fingerprint density at radius 3 is 2.28 bits per heavy atom. The summed E-state index contributed by atoms with van der Waals surface area (Å²) in [7, 11) is 0. The van der Waals surface area contributed by atoms with Crippen LogP contribution in [0.5, 0.6) is 0 Å². The molecule has 1 aromatic heterocycles. The predicted molar refractivity (Wildman–Crippen MR) is 120 cm³/mol. The van der Waals surface area contributed by atoms with Gasteiger partial charge in [0.1, 0.15) is 11.6 Å². The second kappa shape index (κ2) is 10.4. The Labute approximate surface area is 203 Å². The van der Waals surface area contributed by atoms with Crippen molar-refractivity contribution in [3.05, 3.63) is 77.6 Å². The molecule has 0 spiro atoms.